The van der Waals surface area contributed by atoms with E-state index in [1.165, 1.54) is 12.3 Å². The Kier molecular flexibility index (Phi) is 2.02. The molecule has 0 radical (unpaired) electrons. The lowest BCUT2D eigenvalue weighted by atomic mass is 10.4. The second-order valence-corrected chi connectivity index (χ2v) is 2.46. The predicted molar refractivity (Wildman–Crippen MR) is 33.9 cm³/mol. The third kappa shape index (κ3) is 1.65. The molecule has 0 aromatic rings. The molecule has 1 N–H and O–H groups in total. The summed E-state index contributed by atoms with van der Waals surface area (Å²) in [7, 11) is 0. The molecule has 1 unspecified atom stereocenters. The van der Waals surface area contributed by atoms with Gasteiger partial charge in [-0.15, -0.1) is 0 Å². The summed E-state index contributed by atoms with van der Waals surface area (Å²) in [4.78, 5) is 0.404. The summed E-state index contributed by atoms with van der Waals surface area (Å²) in [6, 6.07) is 0. The number of ether oxygens (including phenoxy) is 1. The van der Waals surface area contributed by atoms with Gasteiger partial charge >= 0.3 is 0 Å². The molecule has 1 heterocycles. The lowest BCUT2D eigenvalue weighted by molar-refractivity contribution is 0.285. The second-order valence-electron chi connectivity index (χ2n) is 1.49. The summed E-state index contributed by atoms with van der Waals surface area (Å²) in [5.41, 5.74) is 0. The van der Waals surface area contributed by atoms with Crippen LogP contribution in [0.2, 0.25) is 0 Å². The van der Waals surface area contributed by atoms with Crippen molar-refractivity contribution < 1.29 is 13.5 Å². The smallest absolute Gasteiger partial charge is 0.186 e. The molecule has 4 heteroatoms. The minimum atomic E-state index is -1.86. The Morgan fingerprint density at radius 3 is 2.89 bits per heavy atom. The van der Waals surface area contributed by atoms with E-state index >= 15 is 0 Å². The molecule has 1 rings (SSSR count). The molecule has 0 amide bonds. The summed E-state index contributed by atoms with van der Waals surface area (Å²) < 4.78 is 23.5. The summed E-state index contributed by atoms with van der Waals surface area (Å²) in [5, 5.41) is 0. The quantitative estimate of drug-likeness (QED) is 0.552. The number of allylic oxidation sites excluding steroid dienone is 1. The Morgan fingerprint density at radius 2 is 2.56 bits per heavy atom. The van der Waals surface area contributed by atoms with Crippen LogP contribution in [0.25, 0.3) is 0 Å². The standard InChI is InChI=1S/C5H6O3S/c6-9(7)5-1-3-8-4-2-5/h1-3H,4H2,(H,6,7). The summed E-state index contributed by atoms with van der Waals surface area (Å²) in [6.07, 6.45) is 4.44. The molecule has 50 valence electrons. The maximum absolute atomic E-state index is 10.3. The van der Waals surface area contributed by atoms with Gasteiger partial charge < -0.3 is 9.29 Å². The SMILES string of the molecule is O=S(O)C1=CCOC=C1. The van der Waals surface area contributed by atoms with E-state index in [0.29, 0.717) is 11.5 Å². The second kappa shape index (κ2) is 2.80. The van der Waals surface area contributed by atoms with Crippen molar-refractivity contribution in [2.45, 2.75) is 0 Å². The van der Waals surface area contributed by atoms with Gasteiger partial charge in [-0.3, -0.25) is 0 Å². The van der Waals surface area contributed by atoms with E-state index in [2.05, 4.69) is 0 Å². The van der Waals surface area contributed by atoms with Gasteiger partial charge in [-0.2, -0.15) is 0 Å². The molecule has 0 aliphatic carbocycles. The largest absolute Gasteiger partial charge is 0.497 e. The Hall–Kier alpha value is -0.610. The van der Waals surface area contributed by atoms with E-state index in [0.717, 1.165) is 0 Å². The molecule has 0 spiro atoms. The molecule has 1 aliphatic heterocycles. The van der Waals surface area contributed by atoms with Crippen molar-refractivity contribution in [2.24, 2.45) is 0 Å². The van der Waals surface area contributed by atoms with Crippen LogP contribution < -0.4 is 0 Å². The number of rotatable bonds is 1. The lowest BCUT2D eigenvalue weighted by Gasteiger charge is -2.02. The summed E-state index contributed by atoms with van der Waals surface area (Å²) in [5.74, 6) is 0. The van der Waals surface area contributed by atoms with Crippen LogP contribution in [0.15, 0.2) is 23.3 Å². The van der Waals surface area contributed by atoms with E-state index < -0.39 is 11.1 Å². The van der Waals surface area contributed by atoms with Crippen LogP contribution in [0, 0.1) is 0 Å². The molecular formula is C5H6O3S. The van der Waals surface area contributed by atoms with Gasteiger partial charge in [-0.1, -0.05) is 0 Å². The van der Waals surface area contributed by atoms with Crippen LogP contribution in [0.1, 0.15) is 0 Å². The van der Waals surface area contributed by atoms with Crippen LogP contribution in [-0.2, 0) is 15.8 Å². The van der Waals surface area contributed by atoms with Crippen molar-refractivity contribution in [3.8, 4) is 0 Å². The predicted octanol–water partition coefficient (Wildman–Crippen LogP) is 0.636. The zero-order chi connectivity index (χ0) is 6.69. The Labute approximate surface area is 55.3 Å². The van der Waals surface area contributed by atoms with Gasteiger partial charge in [0, 0.05) is 0 Å². The van der Waals surface area contributed by atoms with E-state index in [9.17, 15) is 4.21 Å². The van der Waals surface area contributed by atoms with Gasteiger partial charge in [0.1, 0.15) is 6.61 Å². The Balaban J connectivity index is 2.69. The van der Waals surface area contributed by atoms with E-state index in [1.807, 2.05) is 0 Å². The highest BCUT2D eigenvalue weighted by Crippen LogP contribution is 2.05. The number of hydrogen-bond acceptors (Lipinski definition) is 2. The molecule has 0 saturated heterocycles. The third-order valence-electron chi connectivity index (χ3n) is 0.911. The molecule has 3 nitrogen and oxygen atoms in total. The zero-order valence-corrected chi connectivity index (χ0v) is 5.43. The Morgan fingerprint density at radius 1 is 1.78 bits per heavy atom. The fraction of sp³-hybridized carbons (Fsp3) is 0.200. The molecule has 0 bridgehead atoms. The van der Waals surface area contributed by atoms with Crippen LogP contribution >= 0.6 is 0 Å². The van der Waals surface area contributed by atoms with Gasteiger partial charge in [0.25, 0.3) is 0 Å². The third-order valence-corrected chi connectivity index (χ3v) is 1.62. The van der Waals surface area contributed by atoms with Crippen molar-refractivity contribution in [3.05, 3.63) is 23.3 Å². The first-order valence-electron chi connectivity index (χ1n) is 2.40. The molecule has 0 aromatic carbocycles. The molecule has 9 heavy (non-hydrogen) atoms. The molecular weight excluding hydrogens is 140 g/mol. The van der Waals surface area contributed by atoms with Crippen molar-refractivity contribution >= 4 is 11.1 Å². The molecule has 1 aliphatic rings. The maximum atomic E-state index is 10.3. The minimum absolute atomic E-state index is 0.387. The fourth-order valence-corrected chi connectivity index (χ4v) is 0.881. The highest BCUT2D eigenvalue weighted by Gasteiger charge is 2.01. The molecule has 0 fully saturated rings. The highest BCUT2D eigenvalue weighted by atomic mass is 32.2. The van der Waals surface area contributed by atoms with Crippen LogP contribution in [0.3, 0.4) is 0 Å². The van der Waals surface area contributed by atoms with Crippen molar-refractivity contribution in [1.29, 1.82) is 0 Å². The van der Waals surface area contributed by atoms with Gasteiger partial charge in [0.15, 0.2) is 11.1 Å². The van der Waals surface area contributed by atoms with Crippen LogP contribution in [0.5, 0.6) is 0 Å². The first kappa shape index (κ1) is 6.51. The van der Waals surface area contributed by atoms with E-state index in [-0.39, 0.29) is 0 Å². The van der Waals surface area contributed by atoms with Crippen molar-refractivity contribution in [3.63, 3.8) is 0 Å². The molecule has 0 saturated carbocycles. The average Bonchev–Trinajstić information content (AvgIpc) is 1.90. The first-order chi connectivity index (χ1) is 4.30. The van der Waals surface area contributed by atoms with Crippen molar-refractivity contribution in [2.75, 3.05) is 6.61 Å². The topological polar surface area (TPSA) is 46.5 Å². The maximum Gasteiger partial charge on any atom is 0.186 e. The summed E-state index contributed by atoms with van der Waals surface area (Å²) >= 11 is -1.86. The molecule has 0 aromatic heterocycles. The lowest BCUT2D eigenvalue weighted by Crippen LogP contribution is -1.96. The van der Waals surface area contributed by atoms with Crippen LogP contribution in [-0.4, -0.2) is 15.4 Å². The van der Waals surface area contributed by atoms with Crippen molar-refractivity contribution in [1.82, 2.24) is 0 Å². The fourth-order valence-electron chi connectivity index (χ4n) is 0.499. The Bertz CT molecular complexity index is 183. The minimum Gasteiger partial charge on any atom is -0.497 e. The van der Waals surface area contributed by atoms with Crippen LogP contribution in [0.4, 0.5) is 0 Å². The molecule has 1 atom stereocenters. The monoisotopic (exact) mass is 146 g/mol. The average molecular weight is 146 g/mol. The first-order valence-corrected chi connectivity index (χ1v) is 3.50. The van der Waals surface area contributed by atoms with Gasteiger partial charge in [0.05, 0.1) is 11.2 Å². The summed E-state index contributed by atoms with van der Waals surface area (Å²) in [6.45, 7) is 0.387. The highest BCUT2D eigenvalue weighted by molar-refractivity contribution is 7.83. The normalized spacial score (nSPS) is 20.3. The van der Waals surface area contributed by atoms with Gasteiger partial charge in [-0.05, 0) is 12.2 Å². The van der Waals surface area contributed by atoms with Gasteiger partial charge in [-0.25, -0.2) is 4.21 Å². The van der Waals surface area contributed by atoms with E-state index in [1.54, 1.807) is 6.08 Å². The van der Waals surface area contributed by atoms with E-state index in [4.69, 9.17) is 9.29 Å². The van der Waals surface area contributed by atoms with Gasteiger partial charge in [0.2, 0.25) is 0 Å². The number of hydrogen-bond donors (Lipinski definition) is 1. The zero-order valence-electron chi connectivity index (χ0n) is 4.61.